The number of aryl methyl sites for hydroxylation is 1. The van der Waals surface area contributed by atoms with Crippen LogP contribution in [0, 0.1) is 12.3 Å². The Labute approximate surface area is 206 Å². The number of para-hydroxylation sites is 1. The zero-order valence-electron chi connectivity index (χ0n) is 20.0. The van der Waals surface area contributed by atoms with Crippen molar-refractivity contribution in [1.29, 1.82) is 0 Å². The molecule has 11 nitrogen and oxygen atoms in total. The van der Waals surface area contributed by atoms with Crippen molar-refractivity contribution in [3.05, 3.63) is 29.8 Å². The van der Waals surface area contributed by atoms with Crippen molar-refractivity contribution >= 4 is 27.7 Å². The number of hydrogen-bond donors (Lipinski definition) is 2. The second-order valence-corrected chi connectivity index (χ2v) is 11.5. The number of ether oxygens (including phenoxy) is 2. The van der Waals surface area contributed by atoms with E-state index in [1.807, 2.05) is 31.2 Å². The van der Waals surface area contributed by atoms with Gasteiger partial charge in [-0.05, 0) is 31.4 Å². The summed E-state index contributed by atoms with van der Waals surface area (Å²) in [5.41, 5.74) is 2.55. The molecule has 2 amide bonds. The summed E-state index contributed by atoms with van der Waals surface area (Å²) < 4.78 is 38.8. The summed E-state index contributed by atoms with van der Waals surface area (Å²) in [6, 6.07) is 7.99. The smallest absolute Gasteiger partial charge is 0.410 e. The summed E-state index contributed by atoms with van der Waals surface area (Å²) in [6.45, 7) is 5.00. The lowest BCUT2D eigenvalue weighted by Crippen LogP contribution is -2.56. The first-order valence-corrected chi connectivity index (χ1v) is 13.6. The van der Waals surface area contributed by atoms with Gasteiger partial charge >= 0.3 is 6.09 Å². The first-order valence-electron chi connectivity index (χ1n) is 12.0. The Morgan fingerprint density at radius 1 is 1.14 bits per heavy atom. The molecule has 0 unspecified atom stereocenters. The summed E-state index contributed by atoms with van der Waals surface area (Å²) in [5.74, 6) is -1.16. The standard InChI is InChI=1S/C23H34N4O7S/c1-18-4-2-3-5-20(18)25-11-13-27(14-12-25)35(31,32)17-23(21(28)24-30)7-9-26(10-8-23)22(29)34-19-6-15-33-16-19/h2-5,19,30H,6-17H2,1H3,(H,24,28)/t19-/m0/s1. The van der Waals surface area contributed by atoms with Gasteiger partial charge in [-0.1, -0.05) is 18.2 Å². The Morgan fingerprint density at radius 3 is 2.43 bits per heavy atom. The molecule has 0 bridgehead atoms. The van der Waals surface area contributed by atoms with Crippen molar-refractivity contribution in [3.8, 4) is 0 Å². The van der Waals surface area contributed by atoms with Crippen LogP contribution in [-0.4, -0.2) is 99.2 Å². The maximum absolute atomic E-state index is 13.4. The lowest BCUT2D eigenvalue weighted by atomic mass is 9.79. The lowest BCUT2D eigenvalue weighted by molar-refractivity contribution is -0.141. The number of rotatable bonds is 6. The van der Waals surface area contributed by atoms with E-state index >= 15 is 0 Å². The van der Waals surface area contributed by atoms with Crippen LogP contribution in [0.4, 0.5) is 10.5 Å². The molecule has 0 aliphatic carbocycles. The molecule has 0 aromatic heterocycles. The van der Waals surface area contributed by atoms with Gasteiger partial charge in [0.2, 0.25) is 10.0 Å². The molecule has 3 fully saturated rings. The van der Waals surface area contributed by atoms with Crippen LogP contribution >= 0.6 is 0 Å². The van der Waals surface area contributed by atoms with E-state index in [1.165, 1.54) is 9.21 Å². The number of piperazine rings is 1. The van der Waals surface area contributed by atoms with Gasteiger partial charge in [0.15, 0.2) is 0 Å². The summed E-state index contributed by atoms with van der Waals surface area (Å²) >= 11 is 0. The quantitative estimate of drug-likeness (QED) is 0.428. The van der Waals surface area contributed by atoms with Crippen molar-refractivity contribution in [3.63, 3.8) is 0 Å². The summed E-state index contributed by atoms with van der Waals surface area (Å²) in [5, 5.41) is 9.38. The molecule has 0 spiro atoms. The third kappa shape index (κ3) is 5.71. The summed E-state index contributed by atoms with van der Waals surface area (Å²) in [7, 11) is -3.79. The first kappa shape index (κ1) is 25.7. The lowest BCUT2D eigenvalue weighted by Gasteiger charge is -2.41. The second-order valence-electron chi connectivity index (χ2n) is 9.51. The Hall–Kier alpha value is -2.41. The van der Waals surface area contributed by atoms with Crippen LogP contribution in [0.25, 0.3) is 0 Å². The Bertz CT molecular complexity index is 1010. The van der Waals surface area contributed by atoms with E-state index in [0.29, 0.717) is 45.8 Å². The molecule has 2 N–H and O–H groups in total. The highest BCUT2D eigenvalue weighted by Gasteiger charge is 2.47. The van der Waals surface area contributed by atoms with Gasteiger partial charge in [0.1, 0.15) is 6.10 Å². The highest BCUT2D eigenvalue weighted by atomic mass is 32.2. The van der Waals surface area contributed by atoms with E-state index in [0.717, 1.165) is 11.3 Å². The van der Waals surface area contributed by atoms with Crippen molar-refractivity contribution in [2.75, 3.05) is 63.1 Å². The minimum absolute atomic E-state index is 0.109. The molecule has 3 aliphatic heterocycles. The van der Waals surface area contributed by atoms with E-state index in [-0.39, 0.29) is 32.0 Å². The predicted molar refractivity (Wildman–Crippen MR) is 128 cm³/mol. The van der Waals surface area contributed by atoms with Crippen LogP contribution in [0.15, 0.2) is 24.3 Å². The van der Waals surface area contributed by atoms with E-state index in [1.54, 1.807) is 5.48 Å². The van der Waals surface area contributed by atoms with Crippen LogP contribution in [0.3, 0.4) is 0 Å². The molecule has 1 atom stereocenters. The number of hydrogen-bond acceptors (Lipinski definition) is 8. The number of benzene rings is 1. The fraction of sp³-hybridized carbons (Fsp3) is 0.652. The van der Waals surface area contributed by atoms with Crippen LogP contribution in [0.2, 0.25) is 0 Å². The van der Waals surface area contributed by atoms with Gasteiger partial charge in [-0.15, -0.1) is 0 Å². The fourth-order valence-electron chi connectivity index (χ4n) is 5.06. The number of sulfonamides is 1. The third-order valence-electron chi connectivity index (χ3n) is 7.26. The molecule has 1 aromatic rings. The normalized spacial score (nSPS) is 23.2. The molecule has 12 heteroatoms. The van der Waals surface area contributed by atoms with Crippen molar-refractivity contribution in [1.82, 2.24) is 14.7 Å². The largest absolute Gasteiger partial charge is 0.444 e. The molecule has 194 valence electrons. The molecule has 0 saturated carbocycles. The number of carbonyl (C=O) groups excluding carboxylic acids is 2. The Morgan fingerprint density at radius 2 is 1.83 bits per heavy atom. The predicted octanol–water partition coefficient (Wildman–Crippen LogP) is 0.960. The molecule has 3 aliphatic rings. The SMILES string of the molecule is Cc1ccccc1N1CCN(S(=O)(=O)CC2(C(=O)NO)CCN(C(=O)O[C@H]3CCOC3)CC2)CC1. The van der Waals surface area contributed by atoms with Gasteiger partial charge in [0, 0.05) is 51.4 Å². The van der Waals surface area contributed by atoms with Crippen LogP contribution in [0.1, 0.15) is 24.8 Å². The molecular formula is C23H34N4O7S. The van der Waals surface area contributed by atoms with Crippen LogP contribution < -0.4 is 10.4 Å². The van der Waals surface area contributed by atoms with E-state index in [9.17, 15) is 23.2 Å². The highest BCUT2D eigenvalue weighted by molar-refractivity contribution is 7.89. The van der Waals surface area contributed by atoms with Crippen molar-refractivity contribution in [2.24, 2.45) is 5.41 Å². The number of piperidine rings is 1. The third-order valence-corrected chi connectivity index (χ3v) is 9.33. The molecular weight excluding hydrogens is 476 g/mol. The molecule has 3 heterocycles. The van der Waals surface area contributed by atoms with E-state index in [4.69, 9.17) is 9.47 Å². The van der Waals surface area contributed by atoms with Gasteiger partial charge in [0.25, 0.3) is 5.91 Å². The number of likely N-dealkylation sites (tertiary alicyclic amines) is 1. The number of nitrogens with one attached hydrogen (secondary N) is 1. The van der Waals surface area contributed by atoms with Gasteiger partial charge in [-0.25, -0.2) is 18.7 Å². The molecule has 4 rings (SSSR count). The molecule has 1 aromatic carbocycles. The average Bonchev–Trinajstić information content (AvgIpc) is 3.37. The molecule has 3 saturated heterocycles. The maximum atomic E-state index is 13.4. The highest BCUT2D eigenvalue weighted by Crippen LogP contribution is 2.35. The molecule has 35 heavy (non-hydrogen) atoms. The van der Waals surface area contributed by atoms with E-state index < -0.39 is 33.2 Å². The van der Waals surface area contributed by atoms with Gasteiger partial charge in [0.05, 0.1) is 24.4 Å². The summed E-state index contributed by atoms with van der Waals surface area (Å²) in [4.78, 5) is 28.8. The van der Waals surface area contributed by atoms with Crippen molar-refractivity contribution in [2.45, 2.75) is 32.3 Å². The monoisotopic (exact) mass is 510 g/mol. The Kier molecular flexibility index (Phi) is 7.84. The second kappa shape index (κ2) is 10.7. The minimum Gasteiger partial charge on any atom is -0.444 e. The van der Waals surface area contributed by atoms with Gasteiger partial charge in [-0.2, -0.15) is 4.31 Å². The zero-order valence-corrected chi connectivity index (χ0v) is 20.8. The topological polar surface area (TPSA) is 129 Å². The average molecular weight is 511 g/mol. The van der Waals surface area contributed by atoms with Crippen LogP contribution in [0.5, 0.6) is 0 Å². The van der Waals surface area contributed by atoms with Crippen LogP contribution in [-0.2, 0) is 24.3 Å². The Balaban J connectivity index is 1.38. The number of anilines is 1. The van der Waals surface area contributed by atoms with Gasteiger partial charge in [-0.3, -0.25) is 10.0 Å². The zero-order chi connectivity index (χ0) is 25.1. The van der Waals surface area contributed by atoms with Gasteiger partial charge < -0.3 is 19.3 Å². The maximum Gasteiger partial charge on any atom is 0.410 e. The minimum atomic E-state index is -3.79. The number of nitrogens with zero attached hydrogens (tertiary/aromatic N) is 3. The molecule has 0 radical (unpaired) electrons. The van der Waals surface area contributed by atoms with Crippen molar-refractivity contribution < 1.29 is 32.7 Å². The first-order chi connectivity index (χ1) is 16.7. The number of carbonyl (C=O) groups is 2. The number of amides is 2. The fourth-order valence-corrected chi connectivity index (χ4v) is 7.08. The van der Waals surface area contributed by atoms with E-state index in [2.05, 4.69) is 4.90 Å². The summed E-state index contributed by atoms with van der Waals surface area (Å²) in [6.07, 6.45) is 0.0874. The number of hydroxylamine groups is 1.